The second-order valence-electron chi connectivity index (χ2n) is 7.01. The van der Waals surface area contributed by atoms with Crippen molar-refractivity contribution in [2.45, 2.75) is 26.1 Å². The van der Waals surface area contributed by atoms with E-state index in [-0.39, 0.29) is 41.6 Å². The van der Waals surface area contributed by atoms with E-state index in [2.05, 4.69) is 0 Å². The molecular formula is C22H22ClNO5. The number of ether oxygens (including phenoxy) is 2. The molecule has 0 bridgehead atoms. The summed E-state index contributed by atoms with van der Waals surface area (Å²) in [4.78, 5) is 39.4. The minimum absolute atomic E-state index is 0.0730. The summed E-state index contributed by atoms with van der Waals surface area (Å²) in [6.45, 7) is 4.29. The highest BCUT2D eigenvalue weighted by molar-refractivity contribution is 6.30. The molecule has 1 amide bonds. The van der Waals surface area contributed by atoms with Crippen LogP contribution in [0.25, 0.3) is 0 Å². The van der Waals surface area contributed by atoms with E-state index in [1.54, 1.807) is 47.4 Å². The lowest BCUT2D eigenvalue weighted by molar-refractivity contribution is -0.146. The molecule has 2 aromatic carbocycles. The second kappa shape index (κ2) is 9.20. The first kappa shape index (κ1) is 21.0. The van der Waals surface area contributed by atoms with E-state index in [4.69, 9.17) is 21.1 Å². The lowest BCUT2D eigenvalue weighted by Gasteiger charge is -2.35. The van der Waals surface area contributed by atoms with E-state index < -0.39 is 5.97 Å². The predicted molar refractivity (Wildman–Crippen MR) is 108 cm³/mol. The molecule has 29 heavy (non-hydrogen) atoms. The summed E-state index contributed by atoms with van der Waals surface area (Å²) in [7, 11) is 0. The molecule has 3 rings (SSSR count). The largest absolute Gasteiger partial charge is 0.452 e. The first-order chi connectivity index (χ1) is 13.8. The zero-order chi connectivity index (χ0) is 21.0. The minimum atomic E-state index is -0.717. The molecule has 152 valence electrons. The number of benzene rings is 2. The van der Waals surface area contributed by atoms with Gasteiger partial charge in [-0.2, -0.15) is 0 Å². The Morgan fingerprint density at radius 1 is 1.00 bits per heavy atom. The maximum Gasteiger partial charge on any atom is 0.339 e. The molecule has 2 aromatic rings. The maximum atomic E-state index is 12.8. The Kier molecular flexibility index (Phi) is 6.67. The Balaban J connectivity index is 1.69. The van der Waals surface area contributed by atoms with Crippen molar-refractivity contribution < 1.29 is 23.9 Å². The molecule has 0 spiro atoms. The van der Waals surface area contributed by atoms with E-state index in [1.165, 1.54) is 6.07 Å². The highest BCUT2D eigenvalue weighted by atomic mass is 35.5. The molecule has 0 aromatic heterocycles. The highest BCUT2D eigenvalue weighted by Crippen LogP contribution is 2.18. The van der Waals surface area contributed by atoms with Gasteiger partial charge in [-0.15, -0.1) is 0 Å². The van der Waals surface area contributed by atoms with Crippen molar-refractivity contribution >= 4 is 29.3 Å². The number of ketones is 1. The number of hydrogen-bond donors (Lipinski definition) is 0. The molecule has 6 nitrogen and oxygen atoms in total. The van der Waals surface area contributed by atoms with Gasteiger partial charge in [0.25, 0.3) is 5.91 Å². The summed E-state index contributed by atoms with van der Waals surface area (Å²) in [5.41, 5.74) is 0.729. The average molecular weight is 416 g/mol. The van der Waals surface area contributed by atoms with Crippen LogP contribution in [0.1, 0.15) is 40.1 Å². The Labute approximate surface area is 174 Å². The standard InChI is InChI=1S/C22H22ClNO5/c1-14-11-24(12-15(2)29-14)20(25)13-28-22(27)19-6-4-3-5-18(19)21(26)16-7-9-17(23)10-8-16/h3-10,14-15H,11-13H2,1-2H3/t14-,15-/m1/s1. The van der Waals surface area contributed by atoms with E-state index in [1.807, 2.05) is 13.8 Å². The van der Waals surface area contributed by atoms with Gasteiger partial charge in [-0.05, 0) is 44.2 Å². The van der Waals surface area contributed by atoms with Gasteiger partial charge < -0.3 is 14.4 Å². The van der Waals surface area contributed by atoms with Crippen LogP contribution in [-0.2, 0) is 14.3 Å². The highest BCUT2D eigenvalue weighted by Gasteiger charge is 2.27. The fraction of sp³-hybridized carbons (Fsp3) is 0.318. The van der Waals surface area contributed by atoms with Crippen LogP contribution >= 0.6 is 11.6 Å². The zero-order valence-electron chi connectivity index (χ0n) is 16.3. The topological polar surface area (TPSA) is 72.9 Å². The van der Waals surface area contributed by atoms with Crippen LogP contribution in [0.4, 0.5) is 0 Å². The Hall–Kier alpha value is -2.70. The van der Waals surface area contributed by atoms with Crippen molar-refractivity contribution in [3.05, 3.63) is 70.2 Å². The molecule has 1 aliphatic rings. The third-order valence-electron chi connectivity index (χ3n) is 4.60. The summed E-state index contributed by atoms with van der Waals surface area (Å²) in [6.07, 6.45) is -0.146. The normalized spacial score (nSPS) is 18.9. The molecule has 0 N–H and O–H groups in total. The van der Waals surface area contributed by atoms with Crippen LogP contribution in [0, 0.1) is 0 Å². The number of nitrogens with zero attached hydrogens (tertiary/aromatic N) is 1. The van der Waals surface area contributed by atoms with Gasteiger partial charge in [-0.1, -0.05) is 29.8 Å². The lowest BCUT2D eigenvalue weighted by Crippen LogP contribution is -2.49. The lowest BCUT2D eigenvalue weighted by atomic mass is 9.98. The van der Waals surface area contributed by atoms with Gasteiger partial charge in [-0.25, -0.2) is 4.79 Å². The molecule has 0 aliphatic carbocycles. The summed E-state index contributed by atoms with van der Waals surface area (Å²) in [6, 6.07) is 12.8. The van der Waals surface area contributed by atoms with Crippen molar-refractivity contribution in [1.82, 2.24) is 4.90 Å². The van der Waals surface area contributed by atoms with Crippen LogP contribution in [0.2, 0.25) is 5.02 Å². The number of hydrogen-bond acceptors (Lipinski definition) is 5. The number of amides is 1. The molecule has 0 radical (unpaired) electrons. The third-order valence-corrected chi connectivity index (χ3v) is 4.85. The average Bonchev–Trinajstić information content (AvgIpc) is 2.71. The van der Waals surface area contributed by atoms with Crippen LogP contribution in [-0.4, -0.2) is 54.5 Å². The molecule has 2 atom stereocenters. The Bertz CT molecular complexity index is 902. The van der Waals surface area contributed by atoms with Gasteiger partial charge in [0.1, 0.15) is 0 Å². The van der Waals surface area contributed by atoms with Crippen molar-refractivity contribution in [2.75, 3.05) is 19.7 Å². The van der Waals surface area contributed by atoms with Gasteiger partial charge in [-0.3, -0.25) is 9.59 Å². The van der Waals surface area contributed by atoms with Crippen LogP contribution in [0.3, 0.4) is 0 Å². The zero-order valence-corrected chi connectivity index (χ0v) is 17.0. The molecular weight excluding hydrogens is 394 g/mol. The van der Waals surface area contributed by atoms with Crippen molar-refractivity contribution in [3.8, 4) is 0 Å². The maximum absolute atomic E-state index is 12.8. The summed E-state index contributed by atoms with van der Waals surface area (Å²) in [5, 5.41) is 0.513. The smallest absolute Gasteiger partial charge is 0.339 e. The van der Waals surface area contributed by atoms with Gasteiger partial charge in [0.2, 0.25) is 0 Å². The third kappa shape index (κ3) is 5.22. The number of carbonyl (C=O) groups excluding carboxylic acids is 3. The van der Waals surface area contributed by atoms with Crippen LogP contribution in [0.5, 0.6) is 0 Å². The van der Waals surface area contributed by atoms with E-state index >= 15 is 0 Å². The van der Waals surface area contributed by atoms with Gasteiger partial charge in [0.05, 0.1) is 17.8 Å². The fourth-order valence-electron chi connectivity index (χ4n) is 3.29. The summed E-state index contributed by atoms with van der Waals surface area (Å²) in [5.74, 6) is -1.33. The number of rotatable bonds is 5. The Morgan fingerprint density at radius 3 is 2.21 bits per heavy atom. The minimum Gasteiger partial charge on any atom is -0.452 e. The molecule has 1 heterocycles. The van der Waals surface area contributed by atoms with Crippen molar-refractivity contribution in [2.24, 2.45) is 0 Å². The monoisotopic (exact) mass is 415 g/mol. The molecule has 0 saturated carbocycles. The molecule has 1 aliphatic heterocycles. The number of morpholine rings is 1. The number of halogens is 1. The van der Waals surface area contributed by atoms with E-state index in [0.29, 0.717) is 23.7 Å². The molecule has 0 unspecified atom stereocenters. The quantitative estimate of drug-likeness (QED) is 0.553. The molecule has 7 heteroatoms. The SMILES string of the molecule is C[C@@H]1CN(C(=O)COC(=O)c2ccccc2C(=O)c2ccc(Cl)cc2)C[C@@H](C)O1. The van der Waals surface area contributed by atoms with E-state index in [0.717, 1.165) is 0 Å². The number of carbonyl (C=O) groups is 3. The number of esters is 1. The molecule has 1 fully saturated rings. The van der Waals surface area contributed by atoms with Gasteiger partial charge >= 0.3 is 5.97 Å². The van der Waals surface area contributed by atoms with Crippen molar-refractivity contribution in [3.63, 3.8) is 0 Å². The van der Waals surface area contributed by atoms with Crippen LogP contribution in [0.15, 0.2) is 48.5 Å². The molecule has 1 saturated heterocycles. The van der Waals surface area contributed by atoms with Gasteiger partial charge in [0, 0.05) is 29.2 Å². The first-order valence-corrected chi connectivity index (χ1v) is 9.72. The van der Waals surface area contributed by atoms with Crippen molar-refractivity contribution in [1.29, 1.82) is 0 Å². The summed E-state index contributed by atoms with van der Waals surface area (Å²) < 4.78 is 10.8. The van der Waals surface area contributed by atoms with Crippen LogP contribution < -0.4 is 0 Å². The second-order valence-corrected chi connectivity index (χ2v) is 7.45. The Morgan fingerprint density at radius 2 is 1.59 bits per heavy atom. The van der Waals surface area contributed by atoms with Gasteiger partial charge in [0.15, 0.2) is 12.4 Å². The predicted octanol–water partition coefficient (Wildman–Crippen LogP) is 3.36. The summed E-state index contributed by atoms with van der Waals surface area (Å²) >= 11 is 5.87. The first-order valence-electron chi connectivity index (χ1n) is 9.35. The van der Waals surface area contributed by atoms with E-state index in [9.17, 15) is 14.4 Å². The fourth-order valence-corrected chi connectivity index (χ4v) is 3.42.